The van der Waals surface area contributed by atoms with Crippen molar-refractivity contribution in [1.82, 2.24) is 10.1 Å². The zero-order valence-corrected chi connectivity index (χ0v) is 30.7. The second kappa shape index (κ2) is 13.4. The molecule has 3 heterocycles. The van der Waals surface area contributed by atoms with Crippen LogP contribution in [0.15, 0.2) is 211 Å². The lowest BCUT2D eigenvalue weighted by Crippen LogP contribution is -2.23. The van der Waals surface area contributed by atoms with E-state index in [2.05, 4.69) is 231 Å². The van der Waals surface area contributed by atoms with Gasteiger partial charge < -0.3 is 24.1 Å². The molecular formula is C50H34N6O. The highest BCUT2D eigenvalue weighted by molar-refractivity contribution is 6.03. The number of rotatable bonds is 6. The van der Waals surface area contributed by atoms with E-state index in [1.54, 1.807) is 0 Å². The Morgan fingerprint density at radius 3 is 0.895 bits per heavy atom. The van der Waals surface area contributed by atoms with E-state index < -0.39 is 0 Å². The fraction of sp³-hybridized carbons (Fsp3) is 0. The molecule has 0 amide bonds. The molecule has 0 N–H and O–H groups in total. The van der Waals surface area contributed by atoms with E-state index in [0.717, 1.165) is 79.4 Å². The van der Waals surface area contributed by atoms with E-state index in [-0.39, 0.29) is 0 Å². The highest BCUT2D eigenvalue weighted by Crippen LogP contribution is 2.55. The summed E-state index contributed by atoms with van der Waals surface area (Å²) in [6, 6.07) is 71.9. The second-order valence-corrected chi connectivity index (χ2v) is 14.0. The van der Waals surface area contributed by atoms with Gasteiger partial charge in [0.1, 0.15) is 0 Å². The molecule has 0 atom stereocenters. The Morgan fingerprint density at radius 1 is 0.281 bits per heavy atom. The molecule has 2 aliphatic rings. The SMILES string of the molecule is c1ccc(N2c3ccccc3N(c3ccc(-c4noc(-c5ccc(N6c7ccccc7N(c7ccccc7)c7ccccc76)cc5)n4)cc3)c3ccccc32)cc1. The summed E-state index contributed by atoms with van der Waals surface area (Å²) in [7, 11) is 0. The summed E-state index contributed by atoms with van der Waals surface area (Å²) in [5.74, 6) is 1.01. The van der Waals surface area contributed by atoms with Crippen LogP contribution < -0.4 is 19.6 Å². The smallest absolute Gasteiger partial charge is 0.258 e. The molecular weight excluding hydrogens is 701 g/mol. The Morgan fingerprint density at radius 2 is 0.561 bits per heavy atom. The number of nitrogens with zero attached hydrogens (tertiary/aromatic N) is 6. The first-order chi connectivity index (χ1) is 28.3. The predicted octanol–water partition coefficient (Wildman–Crippen LogP) is 13.9. The number of benzene rings is 8. The van der Waals surface area contributed by atoms with Crippen molar-refractivity contribution < 1.29 is 4.52 Å². The van der Waals surface area contributed by atoms with Crippen molar-refractivity contribution in [3.8, 4) is 22.8 Å². The minimum atomic E-state index is 0.468. The zero-order valence-electron chi connectivity index (χ0n) is 30.7. The Bertz CT molecular complexity index is 2580. The molecule has 57 heavy (non-hydrogen) atoms. The maximum absolute atomic E-state index is 5.86. The number of hydrogen-bond donors (Lipinski definition) is 0. The first-order valence-electron chi connectivity index (χ1n) is 19.0. The molecule has 0 spiro atoms. The monoisotopic (exact) mass is 734 g/mol. The first-order valence-corrected chi connectivity index (χ1v) is 19.0. The molecule has 0 saturated heterocycles. The van der Waals surface area contributed by atoms with Gasteiger partial charge in [0.2, 0.25) is 5.82 Å². The molecule has 9 aromatic rings. The van der Waals surface area contributed by atoms with Gasteiger partial charge in [0.05, 0.1) is 45.5 Å². The van der Waals surface area contributed by atoms with E-state index >= 15 is 0 Å². The molecule has 8 aromatic carbocycles. The average Bonchev–Trinajstić information content (AvgIpc) is 3.79. The Balaban J connectivity index is 0.889. The number of para-hydroxylation sites is 10. The highest BCUT2D eigenvalue weighted by Gasteiger charge is 2.31. The largest absolute Gasteiger partial charge is 0.334 e. The van der Waals surface area contributed by atoms with Gasteiger partial charge in [-0.05, 0) is 121 Å². The van der Waals surface area contributed by atoms with Crippen LogP contribution in [0, 0.1) is 0 Å². The maximum Gasteiger partial charge on any atom is 0.258 e. The highest BCUT2D eigenvalue weighted by atomic mass is 16.5. The van der Waals surface area contributed by atoms with Crippen LogP contribution in [0.5, 0.6) is 0 Å². The summed E-state index contributed by atoms with van der Waals surface area (Å²) >= 11 is 0. The lowest BCUT2D eigenvalue weighted by molar-refractivity contribution is 0.432. The summed E-state index contributed by atoms with van der Waals surface area (Å²) < 4.78 is 5.86. The van der Waals surface area contributed by atoms with Gasteiger partial charge in [-0.2, -0.15) is 4.98 Å². The van der Waals surface area contributed by atoms with Crippen molar-refractivity contribution in [2.45, 2.75) is 0 Å². The maximum atomic E-state index is 5.86. The Kier molecular flexibility index (Phi) is 7.67. The first kappa shape index (κ1) is 32.5. The Labute approximate surface area is 330 Å². The van der Waals surface area contributed by atoms with E-state index in [0.29, 0.717) is 11.7 Å². The number of fused-ring (bicyclic) bond motifs is 4. The molecule has 0 radical (unpaired) electrons. The third-order valence-electron chi connectivity index (χ3n) is 10.7. The predicted molar refractivity (Wildman–Crippen MR) is 231 cm³/mol. The third kappa shape index (κ3) is 5.44. The van der Waals surface area contributed by atoms with Gasteiger partial charge in [-0.3, -0.25) is 0 Å². The van der Waals surface area contributed by atoms with Crippen LogP contribution in [0.25, 0.3) is 22.8 Å². The summed E-state index contributed by atoms with van der Waals surface area (Å²) in [4.78, 5) is 14.1. The molecule has 270 valence electrons. The van der Waals surface area contributed by atoms with Crippen molar-refractivity contribution in [2.75, 3.05) is 19.6 Å². The van der Waals surface area contributed by atoms with Crippen molar-refractivity contribution >= 4 is 68.2 Å². The summed E-state index contributed by atoms with van der Waals surface area (Å²) in [5, 5.41) is 4.41. The van der Waals surface area contributed by atoms with Gasteiger partial charge in [0.15, 0.2) is 0 Å². The molecule has 1 aromatic heterocycles. The fourth-order valence-electron chi connectivity index (χ4n) is 8.13. The van der Waals surface area contributed by atoms with Gasteiger partial charge >= 0.3 is 0 Å². The molecule has 7 heteroatoms. The molecule has 11 rings (SSSR count). The molecule has 0 unspecified atom stereocenters. The van der Waals surface area contributed by atoms with Crippen LogP contribution in [-0.2, 0) is 0 Å². The number of hydrogen-bond acceptors (Lipinski definition) is 7. The number of aromatic nitrogens is 2. The minimum Gasteiger partial charge on any atom is -0.334 e. The van der Waals surface area contributed by atoms with Crippen LogP contribution in [0.3, 0.4) is 0 Å². The molecule has 7 nitrogen and oxygen atoms in total. The van der Waals surface area contributed by atoms with Gasteiger partial charge in [0, 0.05) is 33.9 Å². The quantitative estimate of drug-likeness (QED) is 0.169. The Hall–Kier alpha value is -7.90. The van der Waals surface area contributed by atoms with Crippen molar-refractivity contribution in [2.24, 2.45) is 0 Å². The standard InChI is InChI=1S/C50H34N6O/c1-3-15-37(16-4-1)53-41-19-7-11-23-45(41)55(46-24-12-8-20-42(46)53)39-31-27-35(28-32-39)49-51-50(57-52-49)36-29-33-40(34-30-36)56-47-25-13-9-21-43(47)54(38-17-5-2-6-18-38)44-22-10-14-26-48(44)56/h1-34H. The van der Waals surface area contributed by atoms with E-state index in [1.165, 1.54) is 0 Å². The van der Waals surface area contributed by atoms with Gasteiger partial charge in [-0.1, -0.05) is 90.1 Å². The normalized spacial score (nSPS) is 12.8. The second-order valence-electron chi connectivity index (χ2n) is 14.0. The fourth-order valence-corrected chi connectivity index (χ4v) is 8.13. The van der Waals surface area contributed by atoms with Crippen LogP contribution in [0.4, 0.5) is 68.2 Å². The summed E-state index contributed by atoms with van der Waals surface area (Å²) in [6.45, 7) is 0. The van der Waals surface area contributed by atoms with E-state index in [4.69, 9.17) is 9.51 Å². The molecule has 0 saturated carbocycles. The topological polar surface area (TPSA) is 51.9 Å². The van der Waals surface area contributed by atoms with Crippen molar-refractivity contribution in [3.05, 3.63) is 206 Å². The van der Waals surface area contributed by atoms with Crippen LogP contribution in [0.2, 0.25) is 0 Å². The van der Waals surface area contributed by atoms with Crippen molar-refractivity contribution in [3.63, 3.8) is 0 Å². The van der Waals surface area contributed by atoms with Gasteiger partial charge in [-0.25, -0.2) is 0 Å². The van der Waals surface area contributed by atoms with Crippen LogP contribution in [0.1, 0.15) is 0 Å². The van der Waals surface area contributed by atoms with Gasteiger partial charge in [0.25, 0.3) is 5.89 Å². The third-order valence-corrected chi connectivity index (χ3v) is 10.7. The summed E-state index contributed by atoms with van der Waals surface area (Å²) in [5.41, 5.74) is 14.9. The van der Waals surface area contributed by atoms with E-state index in [1.807, 2.05) is 0 Å². The number of anilines is 12. The van der Waals surface area contributed by atoms with E-state index in [9.17, 15) is 0 Å². The summed E-state index contributed by atoms with van der Waals surface area (Å²) in [6.07, 6.45) is 0. The lowest BCUT2D eigenvalue weighted by atomic mass is 10.0. The van der Waals surface area contributed by atoms with Gasteiger partial charge in [-0.15, -0.1) is 0 Å². The average molecular weight is 735 g/mol. The lowest BCUT2D eigenvalue weighted by Gasteiger charge is -2.40. The molecule has 0 fully saturated rings. The van der Waals surface area contributed by atoms with Crippen molar-refractivity contribution in [1.29, 1.82) is 0 Å². The minimum absolute atomic E-state index is 0.468. The molecule has 0 aliphatic carbocycles. The van der Waals surface area contributed by atoms with Crippen LogP contribution in [-0.4, -0.2) is 10.1 Å². The van der Waals surface area contributed by atoms with Crippen LogP contribution >= 0.6 is 0 Å². The molecule has 0 bridgehead atoms. The zero-order chi connectivity index (χ0) is 37.7. The molecule has 2 aliphatic heterocycles.